The molecule has 6 nitrogen and oxygen atoms in total. The highest BCUT2D eigenvalue weighted by molar-refractivity contribution is 8.76. The molecule has 1 atom stereocenters. The highest BCUT2D eigenvalue weighted by atomic mass is 33.1. The van der Waals surface area contributed by atoms with Crippen LogP contribution >= 0.6 is 29.4 Å². The van der Waals surface area contributed by atoms with Crippen molar-refractivity contribution in [3.63, 3.8) is 0 Å². The van der Waals surface area contributed by atoms with Crippen molar-refractivity contribution in [2.24, 2.45) is 0 Å². The van der Waals surface area contributed by atoms with Gasteiger partial charge >= 0.3 is 13.8 Å². The minimum atomic E-state index is -1.44. The van der Waals surface area contributed by atoms with Crippen LogP contribution in [0.3, 0.4) is 0 Å². The Morgan fingerprint density at radius 1 is 1.32 bits per heavy atom. The zero-order valence-electron chi connectivity index (χ0n) is 10.5. The molecule has 0 spiro atoms. The van der Waals surface area contributed by atoms with Crippen molar-refractivity contribution in [1.82, 2.24) is 5.06 Å². The van der Waals surface area contributed by atoms with Crippen LogP contribution in [0.15, 0.2) is 0 Å². The number of carbonyl (C=O) groups excluding carboxylic acids is 3. The van der Waals surface area contributed by atoms with E-state index < -0.39 is 25.6 Å². The third-order valence-corrected chi connectivity index (χ3v) is 5.87. The SMILES string of the molecule is CSSCC[P+](=O)CCC(=O)ON1C(=O)CCC1=O. The summed E-state index contributed by atoms with van der Waals surface area (Å²) in [5, 5.41) is 0.513. The third kappa shape index (κ3) is 5.93. The maximum atomic E-state index is 11.6. The second kappa shape index (κ2) is 8.55. The summed E-state index contributed by atoms with van der Waals surface area (Å²) < 4.78 is 11.6. The zero-order valence-corrected chi connectivity index (χ0v) is 13.0. The van der Waals surface area contributed by atoms with Gasteiger partial charge in [-0.25, -0.2) is 4.79 Å². The summed E-state index contributed by atoms with van der Waals surface area (Å²) in [5.41, 5.74) is 0. The molecule has 1 heterocycles. The molecule has 0 aliphatic carbocycles. The van der Waals surface area contributed by atoms with E-state index in [4.69, 9.17) is 0 Å². The van der Waals surface area contributed by atoms with E-state index in [9.17, 15) is 18.9 Å². The van der Waals surface area contributed by atoms with Crippen LogP contribution in [-0.4, -0.2) is 47.2 Å². The van der Waals surface area contributed by atoms with E-state index in [0.29, 0.717) is 11.2 Å². The second-order valence-electron chi connectivity index (χ2n) is 3.71. The lowest BCUT2D eigenvalue weighted by molar-refractivity contribution is -0.197. The summed E-state index contributed by atoms with van der Waals surface area (Å²) in [6.45, 7) is 0. The Labute approximate surface area is 120 Å². The van der Waals surface area contributed by atoms with Gasteiger partial charge in [-0.15, -0.1) is 5.06 Å². The average Bonchev–Trinajstić information content (AvgIpc) is 2.68. The summed E-state index contributed by atoms with van der Waals surface area (Å²) in [5.74, 6) is -0.920. The van der Waals surface area contributed by atoms with Crippen molar-refractivity contribution in [2.75, 3.05) is 24.3 Å². The lowest BCUT2D eigenvalue weighted by Crippen LogP contribution is -2.32. The fourth-order valence-electron chi connectivity index (χ4n) is 1.36. The molecular weight excluding hydrogens is 309 g/mol. The van der Waals surface area contributed by atoms with Gasteiger partial charge in [-0.1, -0.05) is 26.2 Å². The van der Waals surface area contributed by atoms with Crippen LogP contribution in [0.1, 0.15) is 19.3 Å². The Kier molecular flexibility index (Phi) is 7.41. The first-order valence-electron chi connectivity index (χ1n) is 5.69. The Bertz CT molecular complexity index is 374. The minimum Gasteiger partial charge on any atom is -0.330 e. The van der Waals surface area contributed by atoms with Gasteiger partial charge < -0.3 is 4.84 Å². The first kappa shape index (κ1) is 16.5. The molecule has 19 heavy (non-hydrogen) atoms. The Hall–Kier alpha value is -0.590. The maximum absolute atomic E-state index is 11.6. The fraction of sp³-hybridized carbons (Fsp3) is 0.700. The lowest BCUT2D eigenvalue weighted by Gasteiger charge is -2.11. The van der Waals surface area contributed by atoms with Crippen molar-refractivity contribution in [1.29, 1.82) is 0 Å². The van der Waals surface area contributed by atoms with Gasteiger partial charge in [0.1, 0.15) is 0 Å². The van der Waals surface area contributed by atoms with Crippen molar-refractivity contribution in [2.45, 2.75) is 19.3 Å². The predicted molar refractivity (Wildman–Crippen MR) is 75.1 cm³/mol. The Morgan fingerprint density at radius 3 is 2.53 bits per heavy atom. The number of amides is 2. The monoisotopic (exact) mass is 324 g/mol. The molecule has 1 saturated heterocycles. The number of nitrogens with zero attached hydrogens (tertiary/aromatic N) is 1. The molecule has 1 fully saturated rings. The number of hydrogen-bond donors (Lipinski definition) is 0. The van der Waals surface area contributed by atoms with Crippen LogP contribution in [0, 0.1) is 0 Å². The van der Waals surface area contributed by atoms with Gasteiger partial charge in [0.25, 0.3) is 11.8 Å². The van der Waals surface area contributed by atoms with Gasteiger partial charge in [0, 0.05) is 18.6 Å². The normalized spacial score (nSPS) is 15.8. The number of carbonyl (C=O) groups is 3. The zero-order chi connectivity index (χ0) is 14.3. The number of hydroxylamine groups is 2. The van der Waals surface area contributed by atoms with Gasteiger partial charge in [0.2, 0.25) is 0 Å². The standard InChI is InChI=1S/C10H15NO5PS2/c1-18-19-7-6-17(15)5-4-10(14)16-11-8(12)2-3-9(11)13/h2-7H2,1H3/q+1. The molecule has 106 valence electrons. The van der Waals surface area contributed by atoms with Gasteiger partial charge in [-0.05, 0) is 6.26 Å². The van der Waals surface area contributed by atoms with E-state index in [-0.39, 0.29) is 25.4 Å². The smallest absolute Gasteiger partial charge is 0.330 e. The summed E-state index contributed by atoms with van der Waals surface area (Å²) in [4.78, 5) is 38.5. The highest BCUT2D eigenvalue weighted by Crippen LogP contribution is 2.26. The van der Waals surface area contributed by atoms with Gasteiger partial charge in [0.15, 0.2) is 12.3 Å². The summed E-state index contributed by atoms with van der Waals surface area (Å²) in [7, 11) is 1.78. The first-order valence-corrected chi connectivity index (χ1v) is 10.0. The molecule has 0 aromatic carbocycles. The van der Waals surface area contributed by atoms with Crippen LogP contribution in [-0.2, 0) is 23.8 Å². The molecule has 1 aliphatic rings. The largest absolute Gasteiger partial charge is 0.340 e. The van der Waals surface area contributed by atoms with Gasteiger partial charge in [0.05, 0.1) is 6.42 Å². The van der Waals surface area contributed by atoms with Crippen molar-refractivity contribution in [3.05, 3.63) is 0 Å². The molecule has 0 N–H and O–H groups in total. The number of rotatable bonds is 8. The molecule has 1 rings (SSSR count). The Morgan fingerprint density at radius 2 is 1.95 bits per heavy atom. The van der Waals surface area contributed by atoms with Gasteiger partial charge in [-0.3, -0.25) is 9.59 Å². The second-order valence-corrected chi connectivity index (χ2v) is 8.26. The van der Waals surface area contributed by atoms with E-state index in [0.717, 1.165) is 5.75 Å². The third-order valence-electron chi connectivity index (χ3n) is 2.31. The lowest BCUT2D eigenvalue weighted by atomic mass is 10.4. The summed E-state index contributed by atoms with van der Waals surface area (Å²) in [6.07, 6.45) is 2.82. The minimum absolute atomic E-state index is 0.0454. The van der Waals surface area contributed by atoms with Crippen LogP contribution < -0.4 is 0 Å². The van der Waals surface area contributed by atoms with E-state index >= 15 is 0 Å². The van der Waals surface area contributed by atoms with E-state index in [1.165, 1.54) is 0 Å². The number of imide groups is 1. The molecule has 0 radical (unpaired) electrons. The summed E-state index contributed by atoms with van der Waals surface area (Å²) >= 11 is 0. The van der Waals surface area contributed by atoms with Gasteiger partial charge in [-0.2, -0.15) is 0 Å². The van der Waals surface area contributed by atoms with E-state index in [2.05, 4.69) is 4.84 Å². The fourth-order valence-corrected chi connectivity index (χ4v) is 4.46. The van der Waals surface area contributed by atoms with E-state index in [1.807, 2.05) is 6.26 Å². The first-order chi connectivity index (χ1) is 9.04. The molecule has 9 heteroatoms. The number of hydrogen-bond acceptors (Lipinski definition) is 7. The molecule has 0 saturated carbocycles. The van der Waals surface area contributed by atoms with Crippen molar-refractivity contribution >= 4 is 47.2 Å². The van der Waals surface area contributed by atoms with Crippen molar-refractivity contribution in [3.8, 4) is 0 Å². The molecule has 1 aliphatic heterocycles. The van der Waals surface area contributed by atoms with Crippen LogP contribution in [0.2, 0.25) is 0 Å². The molecule has 1 unspecified atom stereocenters. The van der Waals surface area contributed by atoms with Crippen LogP contribution in [0.25, 0.3) is 0 Å². The quantitative estimate of drug-likeness (QED) is 0.291. The average molecular weight is 324 g/mol. The molecule has 2 amide bonds. The highest BCUT2D eigenvalue weighted by Gasteiger charge is 2.33. The topological polar surface area (TPSA) is 80.8 Å². The van der Waals surface area contributed by atoms with Crippen LogP contribution in [0.4, 0.5) is 0 Å². The Balaban J connectivity index is 2.22. The van der Waals surface area contributed by atoms with Crippen molar-refractivity contribution < 1.29 is 23.8 Å². The molecular formula is C10H15NO5PS2+. The molecule has 0 aromatic heterocycles. The van der Waals surface area contributed by atoms with E-state index in [1.54, 1.807) is 21.6 Å². The molecule has 0 aromatic rings. The predicted octanol–water partition coefficient (Wildman–Crippen LogP) is 1.82. The summed E-state index contributed by atoms with van der Waals surface area (Å²) in [6, 6.07) is 0. The molecule has 0 bridgehead atoms. The maximum Gasteiger partial charge on any atom is 0.340 e. The van der Waals surface area contributed by atoms with Crippen LogP contribution in [0.5, 0.6) is 0 Å².